The molecule has 2 amide bonds. The average molecular weight is 477 g/mol. The summed E-state index contributed by atoms with van der Waals surface area (Å²) in [5, 5.41) is 15.1. The minimum atomic E-state index is -1.03. The fraction of sp³-hybridized carbons (Fsp3) is 0.200. The van der Waals surface area contributed by atoms with Crippen LogP contribution < -0.4 is 15.4 Å². The summed E-state index contributed by atoms with van der Waals surface area (Å²) in [7, 11) is 1.48. The maximum absolute atomic E-state index is 12.6. The number of amides is 2. The molecule has 0 aliphatic heterocycles. The van der Waals surface area contributed by atoms with E-state index in [1.54, 1.807) is 50.4 Å². The predicted molar refractivity (Wildman–Crippen MR) is 126 cm³/mol. The van der Waals surface area contributed by atoms with Gasteiger partial charge < -0.3 is 29.3 Å². The van der Waals surface area contributed by atoms with Gasteiger partial charge in [-0.1, -0.05) is 0 Å². The highest BCUT2D eigenvalue weighted by Gasteiger charge is 2.27. The number of anilines is 1. The molecular formula is C25H23N3O7. The van der Waals surface area contributed by atoms with Crippen LogP contribution in [0.15, 0.2) is 63.9 Å². The van der Waals surface area contributed by atoms with Crippen molar-refractivity contribution in [3.05, 3.63) is 66.4 Å². The highest BCUT2D eigenvalue weighted by molar-refractivity contribution is 6.39. The molecule has 2 aromatic carbocycles. The molecule has 0 unspecified atom stereocenters. The molecule has 0 fully saturated rings. The van der Waals surface area contributed by atoms with Crippen molar-refractivity contribution in [1.82, 2.24) is 10.3 Å². The number of methoxy groups -OCH3 is 1. The summed E-state index contributed by atoms with van der Waals surface area (Å²) < 4.78 is 16.4. The van der Waals surface area contributed by atoms with Crippen molar-refractivity contribution in [1.29, 1.82) is 0 Å². The van der Waals surface area contributed by atoms with Gasteiger partial charge in [-0.15, -0.1) is 0 Å². The zero-order valence-corrected chi connectivity index (χ0v) is 19.2. The first-order valence-corrected chi connectivity index (χ1v) is 10.6. The third kappa shape index (κ3) is 5.32. The Morgan fingerprint density at radius 2 is 1.89 bits per heavy atom. The van der Waals surface area contributed by atoms with Crippen molar-refractivity contribution in [3.63, 3.8) is 0 Å². The molecule has 10 heteroatoms. The lowest BCUT2D eigenvalue weighted by Crippen LogP contribution is -2.49. The molecule has 35 heavy (non-hydrogen) atoms. The summed E-state index contributed by atoms with van der Waals surface area (Å²) in [6.07, 6.45) is 3.12. The van der Waals surface area contributed by atoms with Gasteiger partial charge in [-0.3, -0.25) is 9.59 Å². The second-order valence-corrected chi connectivity index (χ2v) is 8.52. The van der Waals surface area contributed by atoms with Crippen LogP contribution >= 0.6 is 0 Å². The number of carbonyl (C=O) groups excluding carboxylic acids is 2. The van der Waals surface area contributed by atoms with Crippen LogP contribution in [0.1, 0.15) is 30.0 Å². The topological polar surface area (TPSA) is 144 Å². The number of rotatable bonds is 7. The SMILES string of the molecule is COc1cc(NC(=O)C(=O)NC(C)(C)Cc2cc3cc(C(=O)O)ccc3o2)ccc1-c1cnco1. The number of aromatic carboxylic acids is 1. The lowest BCUT2D eigenvalue weighted by molar-refractivity contribution is -0.137. The number of fused-ring (bicyclic) bond motifs is 1. The summed E-state index contributed by atoms with van der Waals surface area (Å²) in [4.78, 5) is 40.2. The first kappa shape index (κ1) is 23.6. The molecule has 0 saturated carbocycles. The van der Waals surface area contributed by atoms with E-state index in [2.05, 4.69) is 15.6 Å². The fourth-order valence-corrected chi connectivity index (χ4v) is 3.67. The van der Waals surface area contributed by atoms with Gasteiger partial charge in [-0.25, -0.2) is 9.78 Å². The summed E-state index contributed by atoms with van der Waals surface area (Å²) in [5.74, 6) is -1.21. The second-order valence-electron chi connectivity index (χ2n) is 8.52. The van der Waals surface area contributed by atoms with E-state index in [1.807, 2.05) is 0 Å². The number of carboxylic acids is 1. The van der Waals surface area contributed by atoms with E-state index in [0.29, 0.717) is 39.5 Å². The molecule has 0 bridgehead atoms. The maximum Gasteiger partial charge on any atom is 0.335 e. The first-order valence-electron chi connectivity index (χ1n) is 10.6. The molecule has 180 valence electrons. The van der Waals surface area contributed by atoms with Crippen LogP contribution in [0.4, 0.5) is 5.69 Å². The molecule has 10 nitrogen and oxygen atoms in total. The van der Waals surface area contributed by atoms with Gasteiger partial charge in [-0.2, -0.15) is 0 Å². The van der Waals surface area contributed by atoms with Gasteiger partial charge in [0, 0.05) is 29.1 Å². The Labute approximate surface area is 199 Å². The molecule has 2 aromatic heterocycles. The van der Waals surface area contributed by atoms with Crippen LogP contribution in [0, 0.1) is 0 Å². The number of carboxylic acid groups (broad SMARTS) is 1. The molecular weight excluding hydrogens is 454 g/mol. The molecule has 4 aromatic rings. The lowest BCUT2D eigenvalue weighted by atomic mass is 9.98. The number of ether oxygens (including phenoxy) is 1. The van der Waals surface area contributed by atoms with E-state index in [9.17, 15) is 14.4 Å². The molecule has 2 heterocycles. The number of benzene rings is 2. The van der Waals surface area contributed by atoms with E-state index in [1.165, 1.54) is 25.6 Å². The molecule has 0 atom stereocenters. The van der Waals surface area contributed by atoms with Crippen molar-refractivity contribution >= 4 is 34.4 Å². The normalized spacial score (nSPS) is 11.3. The van der Waals surface area contributed by atoms with Gasteiger partial charge in [0.05, 0.1) is 24.4 Å². The molecule has 4 rings (SSSR count). The molecule has 0 aliphatic rings. The number of carbonyl (C=O) groups is 3. The van der Waals surface area contributed by atoms with Crippen molar-refractivity contribution < 1.29 is 33.1 Å². The molecule has 3 N–H and O–H groups in total. The second kappa shape index (κ2) is 9.34. The maximum atomic E-state index is 12.6. The van der Waals surface area contributed by atoms with Gasteiger partial charge in [0.2, 0.25) is 0 Å². The number of furan rings is 1. The van der Waals surface area contributed by atoms with E-state index >= 15 is 0 Å². The number of aromatic nitrogens is 1. The van der Waals surface area contributed by atoms with Gasteiger partial charge in [0.25, 0.3) is 0 Å². The zero-order chi connectivity index (χ0) is 25.2. The van der Waals surface area contributed by atoms with Gasteiger partial charge in [-0.05, 0) is 50.2 Å². The minimum Gasteiger partial charge on any atom is -0.496 e. The number of oxazole rings is 1. The minimum absolute atomic E-state index is 0.152. The van der Waals surface area contributed by atoms with Gasteiger partial charge in [0.1, 0.15) is 17.1 Å². The Balaban J connectivity index is 1.41. The van der Waals surface area contributed by atoms with Crippen molar-refractivity contribution in [2.24, 2.45) is 0 Å². The Bertz CT molecular complexity index is 1400. The fourth-order valence-electron chi connectivity index (χ4n) is 3.67. The van der Waals surface area contributed by atoms with Crippen LogP contribution in [0.5, 0.6) is 5.75 Å². The largest absolute Gasteiger partial charge is 0.496 e. The molecule has 0 radical (unpaired) electrons. The lowest BCUT2D eigenvalue weighted by Gasteiger charge is -2.24. The number of nitrogens with zero attached hydrogens (tertiary/aromatic N) is 1. The smallest absolute Gasteiger partial charge is 0.335 e. The first-order chi connectivity index (χ1) is 16.6. The third-order valence-corrected chi connectivity index (χ3v) is 5.25. The highest BCUT2D eigenvalue weighted by atomic mass is 16.5. The summed E-state index contributed by atoms with van der Waals surface area (Å²) in [5.41, 5.74) is 0.878. The van der Waals surface area contributed by atoms with E-state index < -0.39 is 23.3 Å². The Morgan fingerprint density at radius 3 is 2.57 bits per heavy atom. The highest BCUT2D eigenvalue weighted by Crippen LogP contribution is 2.32. The summed E-state index contributed by atoms with van der Waals surface area (Å²) >= 11 is 0. The van der Waals surface area contributed by atoms with Crippen molar-refractivity contribution in [2.45, 2.75) is 25.8 Å². The van der Waals surface area contributed by atoms with E-state index in [-0.39, 0.29) is 12.0 Å². The number of nitrogens with one attached hydrogen (secondary N) is 2. The van der Waals surface area contributed by atoms with Crippen LogP contribution in [-0.4, -0.2) is 40.5 Å². The van der Waals surface area contributed by atoms with Crippen LogP contribution in [-0.2, 0) is 16.0 Å². The van der Waals surface area contributed by atoms with Gasteiger partial charge >= 0.3 is 17.8 Å². The Morgan fingerprint density at radius 1 is 1.09 bits per heavy atom. The van der Waals surface area contributed by atoms with E-state index in [0.717, 1.165) is 0 Å². The van der Waals surface area contributed by atoms with E-state index in [4.69, 9.17) is 18.7 Å². The Hall–Kier alpha value is -4.60. The summed E-state index contributed by atoms with van der Waals surface area (Å²) in [6, 6.07) is 11.2. The average Bonchev–Trinajstić information content (AvgIpc) is 3.47. The number of hydrogen-bond acceptors (Lipinski definition) is 7. The van der Waals surface area contributed by atoms with Crippen molar-refractivity contribution in [2.75, 3.05) is 12.4 Å². The standard InChI is InChI=1S/C25H23N3O7/c1-25(2,11-17-9-15-8-14(24(31)32)4-7-19(15)35-17)28-23(30)22(29)27-16-5-6-18(20(10-16)33-3)21-12-26-13-34-21/h4-10,12-13H,11H2,1-3H3,(H,27,29)(H,28,30)(H,31,32). The Kier molecular flexibility index (Phi) is 6.28. The van der Waals surface area contributed by atoms with Crippen molar-refractivity contribution in [3.8, 4) is 17.1 Å². The van der Waals surface area contributed by atoms with Gasteiger partial charge in [0.15, 0.2) is 12.2 Å². The van der Waals surface area contributed by atoms with Crippen LogP contribution in [0.25, 0.3) is 22.3 Å². The third-order valence-electron chi connectivity index (χ3n) is 5.25. The van der Waals surface area contributed by atoms with Crippen LogP contribution in [0.3, 0.4) is 0 Å². The monoisotopic (exact) mass is 477 g/mol. The zero-order valence-electron chi connectivity index (χ0n) is 19.2. The number of hydrogen-bond donors (Lipinski definition) is 3. The quantitative estimate of drug-likeness (QED) is 0.340. The molecule has 0 aliphatic carbocycles. The molecule has 0 spiro atoms. The molecule has 0 saturated heterocycles. The predicted octanol–water partition coefficient (Wildman–Crippen LogP) is 3.87. The summed E-state index contributed by atoms with van der Waals surface area (Å²) in [6.45, 7) is 3.51. The van der Waals surface area contributed by atoms with Crippen LogP contribution in [0.2, 0.25) is 0 Å².